The topological polar surface area (TPSA) is 152 Å². The summed E-state index contributed by atoms with van der Waals surface area (Å²) in [4.78, 5) is 50.3. The number of aromatic nitrogens is 2. The van der Waals surface area contributed by atoms with Gasteiger partial charge in [-0.25, -0.2) is 0 Å². The molecular weight excluding hydrogens is 554 g/mol. The predicted octanol–water partition coefficient (Wildman–Crippen LogP) is 5.37. The Morgan fingerprint density at radius 3 is 1.92 bits per heavy atom. The number of aryl methyl sites for hydroxylation is 2. The Morgan fingerprint density at radius 2 is 1.42 bits per heavy atom. The van der Waals surface area contributed by atoms with Crippen LogP contribution in [-0.2, 0) is 27.2 Å². The van der Waals surface area contributed by atoms with Crippen LogP contribution in [-0.4, -0.2) is 44.3 Å². The number of rotatable bonds is 8. The van der Waals surface area contributed by atoms with Crippen LogP contribution in [0, 0.1) is 27.7 Å². The second-order valence-electron chi connectivity index (χ2n) is 9.14. The van der Waals surface area contributed by atoms with Crippen molar-refractivity contribution in [3.63, 3.8) is 0 Å². The van der Waals surface area contributed by atoms with Gasteiger partial charge in [-0.3, -0.25) is 19.2 Å². The van der Waals surface area contributed by atoms with Gasteiger partial charge in [0.15, 0.2) is 6.29 Å². The molecule has 1 amide bonds. The van der Waals surface area contributed by atoms with Gasteiger partial charge in [0.05, 0.1) is 11.3 Å². The Kier molecular flexibility index (Phi) is 9.11. The zero-order chi connectivity index (χ0) is 28.1. The Morgan fingerprint density at radius 1 is 0.895 bits per heavy atom. The van der Waals surface area contributed by atoms with Crippen molar-refractivity contribution >= 4 is 57.4 Å². The molecule has 38 heavy (non-hydrogen) atoms. The van der Waals surface area contributed by atoms with Gasteiger partial charge in [-0.2, -0.15) is 0 Å². The van der Waals surface area contributed by atoms with Crippen LogP contribution in [0.25, 0.3) is 11.6 Å². The molecule has 10 heteroatoms. The minimum atomic E-state index is -0.822. The molecular formula is C28H30BrN3O6. The number of benzene rings is 1. The Bertz CT molecular complexity index is 1450. The van der Waals surface area contributed by atoms with Crippen molar-refractivity contribution in [2.75, 3.05) is 5.32 Å². The van der Waals surface area contributed by atoms with Crippen LogP contribution in [0.4, 0.5) is 5.69 Å². The van der Waals surface area contributed by atoms with E-state index in [1.165, 1.54) is 0 Å². The van der Waals surface area contributed by atoms with Crippen molar-refractivity contribution in [1.82, 2.24) is 9.97 Å². The molecule has 0 bridgehead atoms. The quantitative estimate of drug-likeness (QED) is 0.177. The molecule has 0 saturated heterocycles. The molecule has 0 spiro atoms. The first-order chi connectivity index (χ1) is 17.9. The molecule has 4 rings (SSSR count). The first kappa shape index (κ1) is 28.6. The van der Waals surface area contributed by atoms with E-state index in [9.17, 15) is 19.2 Å². The SMILES string of the molecule is Cc1[nH]c(C=C2C(=O)Nc3ccc(Br)cc32)c(C)c1CCC(=O)O.Cc1[nH]c(C=O)c(C)c1CCC(=O)O. The summed E-state index contributed by atoms with van der Waals surface area (Å²) in [5.74, 6) is -1.77. The molecule has 1 aliphatic heterocycles. The van der Waals surface area contributed by atoms with Gasteiger partial charge in [-0.05, 0) is 87.1 Å². The maximum Gasteiger partial charge on any atom is 0.303 e. The van der Waals surface area contributed by atoms with Crippen molar-refractivity contribution in [3.05, 3.63) is 73.3 Å². The monoisotopic (exact) mass is 583 g/mol. The van der Waals surface area contributed by atoms with Crippen LogP contribution in [0.5, 0.6) is 0 Å². The minimum absolute atomic E-state index is 0.0891. The average molecular weight is 584 g/mol. The number of carbonyl (C=O) groups excluding carboxylic acids is 2. The zero-order valence-corrected chi connectivity index (χ0v) is 23.2. The fourth-order valence-electron chi connectivity index (χ4n) is 4.55. The number of H-pyrrole nitrogens is 2. The summed E-state index contributed by atoms with van der Waals surface area (Å²) < 4.78 is 0.908. The lowest BCUT2D eigenvalue weighted by molar-refractivity contribution is -0.138. The molecule has 0 unspecified atom stereocenters. The molecule has 1 aliphatic rings. The summed E-state index contributed by atoms with van der Waals surface area (Å²) in [6, 6.07) is 5.66. The molecule has 0 aliphatic carbocycles. The van der Waals surface area contributed by atoms with Crippen molar-refractivity contribution < 1.29 is 29.4 Å². The molecule has 0 atom stereocenters. The van der Waals surface area contributed by atoms with Crippen LogP contribution in [0.3, 0.4) is 0 Å². The third-order valence-electron chi connectivity index (χ3n) is 6.61. The molecule has 1 aromatic carbocycles. The summed E-state index contributed by atoms with van der Waals surface area (Å²) in [6.07, 6.45) is 3.72. The number of hydrogen-bond acceptors (Lipinski definition) is 4. The number of carboxylic acids is 2. The molecule has 2 aromatic heterocycles. The average Bonchev–Trinajstić information content (AvgIpc) is 3.41. The maximum atomic E-state index is 12.3. The van der Waals surface area contributed by atoms with Crippen molar-refractivity contribution in [3.8, 4) is 0 Å². The first-order valence-corrected chi connectivity index (χ1v) is 12.8. The largest absolute Gasteiger partial charge is 0.481 e. The third-order valence-corrected chi connectivity index (χ3v) is 7.11. The summed E-state index contributed by atoms with van der Waals surface area (Å²) in [7, 11) is 0. The summed E-state index contributed by atoms with van der Waals surface area (Å²) in [5, 5.41) is 20.3. The van der Waals surface area contributed by atoms with Crippen LogP contribution >= 0.6 is 15.9 Å². The maximum absolute atomic E-state index is 12.3. The second kappa shape index (κ2) is 12.1. The van der Waals surface area contributed by atoms with E-state index in [1.807, 2.05) is 52.0 Å². The van der Waals surface area contributed by atoms with Gasteiger partial charge in [0.25, 0.3) is 5.91 Å². The number of hydrogen-bond donors (Lipinski definition) is 5. The number of aldehydes is 1. The highest BCUT2D eigenvalue weighted by Crippen LogP contribution is 2.35. The number of halogens is 1. The van der Waals surface area contributed by atoms with E-state index in [4.69, 9.17) is 10.2 Å². The molecule has 9 nitrogen and oxygen atoms in total. The van der Waals surface area contributed by atoms with E-state index < -0.39 is 11.9 Å². The predicted molar refractivity (Wildman–Crippen MR) is 148 cm³/mol. The third kappa shape index (κ3) is 6.49. The van der Waals surface area contributed by atoms with E-state index in [-0.39, 0.29) is 18.7 Å². The number of amides is 1. The fourth-order valence-corrected chi connectivity index (χ4v) is 4.92. The van der Waals surface area contributed by atoms with Gasteiger partial charge in [-0.15, -0.1) is 0 Å². The highest BCUT2D eigenvalue weighted by atomic mass is 79.9. The number of fused-ring (bicyclic) bond motifs is 1. The zero-order valence-electron chi connectivity index (χ0n) is 21.6. The standard InChI is InChI=1S/C18H17BrN2O3.C10H13NO3/c1-9-12(4-6-17(22)23)10(2)20-16(9)8-14-13-7-11(19)3-5-15(13)21-18(14)24;1-6-8(3-4-10(13)14)7(2)11-9(6)5-12/h3,5,7-8,20H,4,6H2,1-2H3,(H,21,24)(H,22,23);5,11H,3-4H2,1-2H3,(H,13,14). The van der Waals surface area contributed by atoms with E-state index in [1.54, 1.807) is 0 Å². The van der Waals surface area contributed by atoms with Gasteiger partial charge in [-0.1, -0.05) is 15.9 Å². The minimum Gasteiger partial charge on any atom is -0.481 e. The molecule has 0 saturated carbocycles. The number of carbonyl (C=O) groups is 4. The van der Waals surface area contributed by atoms with E-state index in [2.05, 4.69) is 31.2 Å². The Labute approximate surface area is 228 Å². The number of carboxylic acid groups (broad SMARTS) is 2. The lowest BCUT2D eigenvalue weighted by Gasteiger charge is -2.01. The molecule has 200 valence electrons. The van der Waals surface area contributed by atoms with Gasteiger partial charge >= 0.3 is 11.9 Å². The van der Waals surface area contributed by atoms with Gasteiger partial charge in [0.1, 0.15) is 0 Å². The number of aromatic amines is 2. The van der Waals surface area contributed by atoms with Crippen LogP contribution in [0.2, 0.25) is 0 Å². The Balaban J connectivity index is 0.000000244. The van der Waals surface area contributed by atoms with Gasteiger partial charge in [0, 0.05) is 45.6 Å². The van der Waals surface area contributed by atoms with Crippen molar-refractivity contribution in [2.45, 2.75) is 53.4 Å². The normalized spacial score (nSPS) is 13.1. The van der Waals surface area contributed by atoms with Crippen LogP contribution in [0.15, 0.2) is 22.7 Å². The lowest BCUT2D eigenvalue weighted by atomic mass is 10.0. The smallest absolute Gasteiger partial charge is 0.303 e. The van der Waals surface area contributed by atoms with Crippen molar-refractivity contribution in [1.29, 1.82) is 0 Å². The second-order valence-corrected chi connectivity index (χ2v) is 10.1. The highest BCUT2D eigenvalue weighted by Gasteiger charge is 2.25. The summed E-state index contributed by atoms with van der Waals surface area (Å²) in [5.41, 5.74) is 9.23. The molecule has 0 fully saturated rings. The molecule has 3 heterocycles. The van der Waals surface area contributed by atoms with E-state index >= 15 is 0 Å². The molecule has 3 aromatic rings. The van der Waals surface area contributed by atoms with Crippen LogP contribution in [0.1, 0.15) is 68.2 Å². The van der Waals surface area contributed by atoms with E-state index in [0.717, 1.165) is 61.3 Å². The van der Waals surface area contributed by atoms with E-state index in [0.29, 0.717) is 24.1 Å². The van der Waals surface area contributed by atoms with Gasteiger partial charge < -0.3 is 25.5 Å². The molecule has 0 radical (unpaired) electrons. The number of nitrogens with one attached hydrogen (secondary N) is 3. The van der Waals surface area contributed by atoms with Crippen LogP contribution < -0.4 is 5.32 Å². The number of anilines is 1. The summed E-state index contributed by atoms with van der Waals surface area (Å²) >= 11 is 3.43. The summed E-state index contributed by atoms with van der Waals surface area (Å²) in [6.45, 7) is 7.54. The van der Waals surface area contributed by atoms with Gasteiger partial charge in [0.2, 0.25) is 0 Å². The first-order valence-electron chi connectivity index (χ1n) is 12.0. The lowest BCUT2D eigenvalue weighted by Crippen LogP contribution is -2.03. The van der Waals surface area contributed by atoms with Crippen molar-refractivity contribution in [2.24, 2.45) is 0 Å². The highest BCUT2D eigenvalue weighted by molar-refractivity contribution is 9.10. The molecule has 5 N–H and O–H groups in total. The fraction of sp³-hybridized carbons (Fsp3) is 0.286. The number of aliphatic carboxylic acids is 2. The Hall–Kier alpha value is -3.92.